The summed E-state index contributed by atoms with van der Waals surface area (Å²) in [6.07, 6.45) is 5.76. The Hall–Kier alpha value is -0.0400. The van der Waals surface area contributed by atoms with E-state index in [1.54, 1.807) is 0 Å². The lowest BCUT2D eigenvalue weighted by Crippen LogP contribution is -2.32. The minimum Gasteiger partial charge on any atom is -0.303 e. The van der Waals surface area contributed by atoms with Crippen LogP contribution in [0.25, 0.3) is 0 Å². The molecule has 1 aliphatic rings. The van der Waals surface area contributed by atoms with E-state index in [4.69, 9.17) is 0 Å². The van der Waals surface area contributed by atoms with Crippen molar-refractivity contribution >= 4 is 0 Å². The summed E-state index contributed by atoms with van der Waals surface area (Å²) in [7, 11) is 0. The van der Waals surface area contributed by atoms with Crippen molar-refractivity contribution in [3.8, 4) is 0 Å². The Morgan fingerprint density at radius 1 is 1.27 bits per heavy atom. The summed E-state index contributed by atoms with van der Waals surface area (Å²) in [5.41, 5.74) is 0. The third kappa shape index (κ3) is 2.82. The Labute approximate surface area is 70.8 Å². The standard InChI is InChI=1S/C10H21N/c1-3-8-11(4-2)9-10-6-5-7-10/h10H,3-9H2,1-2H3. The first-order valence-corrected chi connectivity index (χ1v) is 5.09. The van der Waals surface area contributed by atoms with Crippen LogP contribution < -0.4 is 0 Å². The zero-order valence-electron chi connectivity index (χ0n) is 7.97. The van der Waals surface area contributed by atoms with Gasteiger partial charge in [-0.3, -0.25) is 0 Å². The van der Waals surface area contributed by atoms with E-state index >= 15 is 0 Å². The zero-order valence-corrected chi connectivity index (χ0v) is 7.97. The van der Waals surface area contributed by atoms with Crippen LogP contribution in [0.4, 0.5) is 0 Å². The van der Waals surface area contributed by atoms with Gasteiger partial charge in [0, 0.05) is 6.54 Å². The molecule has 0 amide bonds. The molecule has 1 rings (SSSR count). The van der Waals surface area contributed by atoms with Crippen LogP contribution in [0.5, 0.6) is 0 Å². The molecule has 1 nitrogen and oxygen atoms in total. The van der Waals surface area contributed by atoms with Crippen LogP contribution in [-0.2, 0) is 0 Å². The molecule has 0 heterocycles. The summed E-state index contributed by atoms with van der Waals surface area (Å²) in [6.45, 7) is 8.44. The second kappa shape index (κ2) is 4.76. The summed E-state index contributed by atoms with van der Waals surface area (Å²) in [6, 6.07) is 0. The quantitative estimate of drug-likeness (QED) is 0.589. The van der Waals surface area contributed by atoms with Crippen molar-refractivity contribution < 1.29 is 0 Å². The predicted molar refractivity (Wildman–Crippen MR) is 49.7 cm³/mol. The van der Waals surface area contributed by atoms with Gasteiger partial charge < -0.3 is 4.90 Å². The minimum absolute atomic E-state index is 1.04. The molecule has 1 saturated carbocycles. The Morgan fingerprint density at radius 2 is 2.00 bits per heavy atom. The second-order valence-electron chi connectivity index (χ2n) is 3.69. The smallest absolute Gasteiger partial charge is 0.000954 e. The maximum atomic E-state index is 2.59. The third-order valence-corrected chi connectivity index (χ3v) is 2.73. The highest BCUT2D eigenvalue weighted by atomic mass is 15.1. The van der Waals surface area contributed by atoms with Gasteiger partial charge in [0.15, 0.2) is 0 Å². The Bertz CT molecular complexity index is 97.0. The summed E-state index contributed by atoms with van der Waals surface area (Å²) in [5.74, 6) is 1.04. The number of hydrogen-bond donors (Lipinski definition) is 0. The molecule has 0 atom stereocenters. The monoisotopic (exact) mass is 155 g/mol. The average molecular weight is 155 g/mol. The normalized spacial score (nSPS) is 18.8. The lowest BCUT2D eigenvalue weighted by atomic mass is 9.85. The van der Waals surface area contributed by atoms with Crippen molar-refractivity contribution in [2.45, 2.75) is 39.5 Å². The van der Waals surface area contributed by atoms with Crippen molar-refractivity contribution in [2.75, 3.05) is 19.6 Å². The van der Waals surface area contributed by atoms with E-state index in [9.17, 15) is 0 Å². The average Bonchev–Trinajstić information content (AvgIpc) is 1.94. The summed E-state index contributed by atoms with van der Waals surface area (Å²) >= 11 is 0. The van der Waals surface area contributed by atoms with E-state index in [0.29, 0.717) is 0 Å². The summed E-state index contributed by atoms with van der Waals surface area (Å²) in [5, 5.41) is 0. The van der Waals surface area contributed by atoms with Crippen LogP contribution in [0.1, 0.15) is 39.5 Å². The van der Waals surface area contributed by atoms with Gasteiger partial charge in [-0.1, -0.05) is 20.3 Å². The van der Waals surface area contributed by atoms with Crippen molar-refractivity contribution in [3.05, 3.63) is 0 Å². The molecular weight excluding hydrogens is 134 g/mol. The van der Waals surface area contributed by atoms with Gasteiger partial charge in [0.05, 0.1) is 0 Å². The molecule has 1 fully saturated rings. The fourth-order valence-corrected chi connectivity index (χ4v) is 1.74. The van der Waals surface area contributed by atoms with E-state index in [1.807, 2.05) is 0 Å². The lowest BCUT2D eigenvalue weighted by molar-refractivity contribution is 0.184. The van der Waals surface area contributed by atoms with Crippen LogP contribution in [0.2, 0.25) is 0 Å². The van der Waals surface area contributed by atoms with E-state index in [0.717, 1.165) is 5.92 Å². The Balaban J connectivity index is 2.08. The summed E-state index contributed by atoms with van der Waals surface area (Å²) in [4.78, 5) is 2.59. The van der Waals surface area contributed by atoms with Crippen molar-refractivity contribution in [1.82, 2.24) is 4.90 Å². The molecule has 0 radical (unpaired) electrons. The van der Waals surface area contributed by atoms with Gasteiger partial charge in [-0.2, -0.15) is 0 Å². The zero-order chi connectivity index (χ0) is 8.10. The molecular formula is C10H21N. The van der Waals surface area contributed by atoms with E-state index in [2.05, 4.69) is 18.7 Å². The Kier molecular flexibility index (Phi) is 3.92. The molecule has 0 aromatic heterocycles. The van der Waals surface area contributed by atoms with Gasteiger partial charge in [-0.25, -0.2) is 0 Å². The molecule has 0 saturated heterocycles. The molecule has 11 heavy (non-hydrogen) atoms. The fraction of sp³-hybridized carbons (Fsp3) is 1.00. The fourth-order valence-electron chi connectivity index (χ4n) is 1.74. The van der Waals surface area contributed by atoms with Gasteiger partial charge in [0.1, 0.15) is 0 Å². The molecule has 0 aromatic rings. The van der Waals surface area contributed by atoms with Crippen LogP contribution in [0.3, 0.4) is 0 Å². The van der Waals surface area contributed by atoms with Gasteiger partial charge in [-0.05, 0) is 38.3 Å². The van der Waals surface area contributed by atoms with Crippen molar-refractivity contribution in [3.63, 3.8) is 0 Å². The lowest BCUT2D eigenvalue weighted by Gasteiger charge is -2.31. The predicted octanol–water partition coefficient (Wildman–Crippen LogP) is 2.52. The SMILES string of the molecule is CCCN(CC)CC1CCC1. The molecule has 0 aromatic carbocycles. The number of nitrogens with zero attached hydrogens (tertiary/aromatic N) is 1. The first-order valence-electron chi connectivity index (χ1n) is 5.09. The third-order valence-electron chi connectivity index (χ3n) is 2.73. The number of hydrogen-bond acceptors (Lipinski definition) is 1. The number of rotatable bonds is 5. The van der Waals surface area contributed by atoms with E-state index in [1.165, 1.54) is 45.3 Å². The molecule has 0 bridgehead atoms. The highest BCUT2D eigenvalue weighted by Gasteiger charge is 2.19. The molecule has 0 aliphatic heterocycles. The highest BCUT2D eigenvalue weighted by Crippen LogP contribution is 2.26. The second-order valence-corrected chi connectivity index (χ2v) is 3.69. The van der Waals surface area contributed by atoms with Gasteiger partial charge in [0.2, 0.25) is 0 Å². The van der Waals surface area contributed by atoms with Gasteiger partial charge in [-0.15, -0.1) is 0 Å². The molecule has 1 heteroatoms. The molecule has 66 valence electrons. The molecule has 0 N–H and O–H groups in total. The van der Waals surface area contributed by atoms with E-state index in [-0.39, 0.29) is 0 Å². The van der Waals surface area contributed by atoms with E-state index < -0.39 is 0 Å². The first-order chi connectivity index (χ1) is 5.36. The molecule has 0 unspecified atom stereocenters. The molecule has 1 aliphatic carbocycles. The molecule has 0 spiro atoms. The van der Waals surface area contributed by atoms with Crippen LogP contribution in [0.15, 0.2) is 0 Å². The van der Waals surface area contributed by atoms with Crippen molar-refractivity contribution in [1.29, 1.82) is 0 Å². The van der Waals surface area contributed by atoms with Crippen LogP contribution in [-0.4, -0.2) is 24.5 Å². The minimum atomic E-state index is 1.04. The first kappa shape index (κ1) is 9.05. The summed E-state index contributed by atoms with van der Waals surface area (Å²) < 4.78 is 0. The topological polar surface area (TPSA) is 3.24 Å². The van der Waals surface area contributed by atoms with Gasteiger partial charge >= 0.3 is 0 Å². The van der Waals surface area contributed by atoms with Crippen LogP contribution in [0, 0.1) is 5.92 Å². The van der Waals surface area contributed by atoms with Crippen molar-refractivity contribution in [2.24, 2.45) is 5.92 Å². The van der Waals surface area contributed by atoms with Gasteiger partial charge in [0.25, 0.3) is 0 Å². The maximum absolute atomic E-state index is 2.59. The Morgan fingerprint density at radius 3 is 2.36 bits per heavy atom. The maximum Gasteiger partial charge on any atom is 0.000954 e. The highest BCUT2D eigenvalue weighted by molar-refractivity contribution is 4.73. The van der Waals surface area contributed by atoms with Crippen LogP contribution >= 0.6 is 0 Å². The largest absolute Gasteiger partial charge is 0.303 e.